The van der Waals surface area contributed by atoms with Crippen LogP contribution in [-0.2, 0) is 11.3 Å². The summed E-state index contributed by atoms with van der Waals surface area (Å²) in [6.07, 6.45) is 0. The van der Waals surface area contributed by atoms with Gasteiger partial charge in [-0.25, -0.2) is 0 Å². The zero-order valence-electron chi connectivity index (χ0n) is 12.0. The first kappa shape index (κ1) is 20.4. The van der Waals surface area contributed by atoms with Gasteiger partial charge in [-0.2, -0.15) is 0 Å². The van der Waals surface area contributed by atoms with Crippen LogP contribution in [0.5, 0.6) is 0 Å². The Labute approximate surface area is 156 Å². The standard InChI is InChI=1S/C13H18ClN3OS2.2ClH/c14-12-2-1-10(20-12)7-16-3-5-17(6-4-16)13(18)11-8-19-9-15-11;;/h1-2,11,15H,3-9H2;2*1H. The average Bonchev–Trinajstić information content (AvgIpc) is 3.11. The van der Waals surface area contributed by atoms with Gasteiger partial charge in [0.25, 0.3) is 0 Å². The fraction of sp³-hybridized carbons (Fsp3) is 0.615. The zero-order chi connectivity index (χ0) is 13.9. The number of carbonyl (C=O) groups is 1. The van der Waals surface area contributed by atoms with Crippen LogP contribution in [0.3, 0.4) is 0 Å². The number of amides is 1. The predicted molar refractivity (Wildman–Crippen MR) is 99.9 cm³/mol. The van der Waals surface area contributed by atoms with Gasteiger partial charge < -0.3 is 4.90 Å². The van der Waals surface area contributed by atoms with Gasteiger partial charge in [0.1, 0.15) is 0 Å². The molecular formula is C13H20Cl3N3OS2. The third-order valence-electron chi connectivity index (χ3n) is 3.71. The second-order valence-electron chi connectivity index (χ2n) is 5.08. The molecule has 1 amide bonds. The van der Waals surface area contributed by atoms with E-state index < -0.39 is 0 Å². The summed E-state index contributed by atoms with van der Waals surface area (Å²) in [7, 11) is 0. The van der Waals surface area contributed by atoms with E-state index in [9.17, 15) is 4.79 Å². The van der Waals surface area contributed by atoms with E-state index in [2.05, 4.69) is 16.3 Å². The van der Waals surface area contributed by atoms with Gasteiger partial charge in [-0.3, -0.25) is 15.0 Å². The highest BCUT2D eigenvalue weighted by atomic mass is 35.5. The largest absolute Gasteiger partial charge is 0.339 e. The molecule has 0 aliphatic carbocycles. The Morgan fingerprint density at radius 2 is 2.00 bits per heavy atom. The van der Waals surface area contributed by atoms with Gasteiger partial charge in [0.05, 0.1) is 10.4 Å². The lowest BCUT2D eigenvalue weighted by Gasteiger charge is -2.35. The van der Waals surface area contributed by atoms with Crippen LogP contribution < -0.4 is 5.32 Å². The molecule has 2 fully saturated rings. The molecule has 1 atom stereocenters. The summed E-state index contributed by atoms with van der Waals surface area (Å²) in [6.45, 7) is 4.50. The number of rotatable bonds is 3. The van der Waals surface area contributed by atoms with E-state index >= 15 is 0 Å². The van der Waals surface area contributed by atoms with Crippen LogP contribution in [0.2, 0.25) is 4.34 Å². The van der Waals surface area contributed by atoms with Crippen molar-refractivity contribution in [1.29, 1.82) is 0 Å². The van der Waals surface area contributed by atoms with E-state index in [1.807, 2.05) is 11.0 Å². The summed E-state index contributed by atoms with van der Waals surface area (Å²) in [5.74, 6) is 2.08. The fourth-order valence-electron chi connectivity index (χ4n) is 2.56. The van der Waals surface area contributed by atoms with Crippen molar-refractivity contribution >= 4 is 65.4 Å². The normalized spacial score (nSPS) is 22.0. The molecule has 0 radical (unpaired) electrons. The van der Waals surface area contributed by atoms with Crippen molar-refractivity contribution in [2.24, 2.45) is 0 Å². The van der Waals surface area contributed by atoms with Gasteiger partial charge in [0.2, 0.25) is 5.91 Å². The van der Waals surface area contributed by atoms with Gasteiger partial charge in [-0.15, -0.1) is 47.9 Å². The smallest absolute Gasteiger partial charge is 0.240 e. The van der Waals surface area contributed by atoms with Crippen LogP contribution in [0.25, 0.3) is 0 Å². The van der Waals surface area contributed by atoms with Gasteiger partial charge >= 0.3 is 0 Å². The first-order valence-electron chi connectivity index (χ1n) is 6.79. The molecule has 3 heterocycles. The molecule has 0 spiro atoms. The monoisotopic (exact) mass is 403 g/mol. The minimum Gasteiger partial charge on any atom is -0.339 e. The first-order chi connectivity index (χ1) is 9.72. The molecule has 0 saturated carbocycles. The van der Waals surface area contributed by atoms with E-state index in [0.717, 1.165) is 48.7 Å². The molecular weight excluding hydrogens is 385 g/mol. The molecule has 1 aromatic rings. The molecule has 2 saturated heterocycles. The Bertz CT molecular complexity index is 475. The Kier molecular flexibility index (Phi) is 8.85. The van der Waals surface area contributed by atoms with Crippen LogP contribution in [0, 0.1) is 0 Å². The van der Waals surface area contributed by atoms with Gasteiger partial charge in [0.15, 0.2) is 0 Å². The minimum atomic E-state index is 0. The Balaban J connectivity index is 0.00000121. The second-order valence-corrected chi connectivity index (χ2v) is 7.91. The van der Waals surface area contributed by atoms with Crippen molar-refractivity contribution in [3.05, 3.63) is 21.3 Å². The third kappa shape index (κ3) is 5.16. The van der Waals surface area contributed by atoms with E-state index in [1.165, 1.54) is 4.88 Å². The van der Waals surface area contributed by atoms with Gasteiger partial charge in [0, 0.05) is 49.2 Å². The lowest BCUT2D eigenvalue weighted by atomic mass is 10.2. The highest BCUT2D eigenvalue weighted by Crippen LogP contribution is 2.23. The number of hydrogen-bond donors (Lipinski definition) is 1. The maximum absolute atomic E-state index is 12.3. The second kappa shape index (κ2) is 9.57. The number of piperazine rings is 1. The Hall–Kier alpha value is 0.310. The van der Waals surface area contributed by atoms with Crippen molar-refractivity contribution < 1.29 is 4.79 Å². The quantitative estimate of drug-likeness (QED) is 0.840. The summed E-state index contributed by atoms with van der Waals surface area (Å²) < 4.78 is 0.846. The fourth-order valence-corrected chi connectivity index (χ4v) is 4.62. The van der Waals surface area contributed by atoms with E-state index in [-0.39, 0.29) is 36.8 Å². The highest BCUT2D eigenvalue weighted by molar-refractivity contribution is 7.99. The summed E-state index contributed by atoms with van der Waals surface area (Å²) >= 11 is 9.39. The molecule has 0 bridgehead atoms. The molecule has 2 aliphatic heterocycles. The summed E-state index contributed by atoms with van der Waals surface area (Å²) in [5, 5.41) is 3.25. The highest BCUT2D eigenvalue weighted by Gasteiger charge is 2.29. The number of thioether (sulfide) groups is 1. The van der Waals surface area contributed by atoms with Gasteiger partial charge in [-0.1, -0.05) is 11.6 Å². The number of hydrogen-bond acceptors (Lipinski definition) is 5. The van der Waals surface area contributed by atoms with Crippen molar-refractivity contribution in [3.8, 4) is 0 Å². The van der Waals surface area contributed by atoms with Crippen molar-refractivity contribution in [3.63, 3.8) is 0 Å². The zero-order valence-corrected chi connectivity index (χ0v) is 16.0. The lowest BCUT2D eigenvalue weighted by Crippen LogP contribution is -2.53. The molecule has 9 heteroatoms. The molecule has 0 aromatic carbocycles. The molecule has 2 aliphatic rings. The molecule has 4 nitrogen and oxygen atoms in total. The number of nitrogens with zero attached hydrogens (tertiary/aromatic N) is 2. The number of nitrogens with one attached hydrogen (secondary N) is 1. The van der Waals surface area contributed by atoms with Crippen LogP contribution in [-0.4, -0.2) is 59.6 Å². The summed E-state index contributed by atoms with van der Waals surface area (Å²) in [4.78, 5) is 18.0. The number of thiophene rings is 1. The van der Waals surface area contributed by atoms with E-state index in [4.69, 9.17) is 11.6 Å². The average molecular weight is 405 g/mol. The van der Waals surface area contributed by atoms with Crippen LogP contribution in [0.15, 0.2) is 12.1 Å². The van der Waals surface area contributed by atoms with Crippen LogP contribution in [0.4, 0.5) is 0 Å². The summed E-state index contributed by atoms with van der Waals surface area (Å²) in [6, 6.07) is 4.07. The van der Waals surface area contributed by atoms with Gasteiger partial charge in [-0.05, 0) is 12.1 Å². The maximum Gasteiger partial charge on any atom is 0.240 e. The molecule has 1 unspecified atom stereocenters. The summed E-state index contributed by atoms with van der Waals surface area (Å²) in [5.41, 5.74) is 0. The van der Waals surface area contributed by atoms with Crippen molar-refractivity contribution in [1.82, 2.24) is 15.1 Å². The van der Waals surface area contributed by atoms with Crippen molar-refractivity contribution in [2.75, 3.05) is 37.8 Å². The third-order valence-corrected chi connectivity index (χ3v) is 5.86. The molecule has 1 N–H and O–H groups in total. The maximum atomic E-state index is 12.3. The van der Waals surface area contributed by atoms with E-state index in [1.54, 1.807) is 23.1 Å². The predicted octanol–water partition coefficient (Wildman–Crippen LogP) is 2.55. The topological polar surface area (TPSA) is 35.6 Å². The van der Waals surface area contributed by atoms with E-state index in [0.29, 0.717) is 0 Å². The Morgan fingerprint density at radius 1 is 1.27 bits per heavy atom. The lowest BCUT2D eigenvalue weighted by molar-refractivity contribution is -0.134. The number of halogens is 3. The van der Waals surface area contributed by atoms with Crippen LogP contribution in [0.1, 0.15) is 4.88 Å². The first-order valence-corrected chi connectivity index (χ1v) is 9.14. The minimum absolute atomic E-state index is 0. The molecule has 1 aromatic heterocycles. The SMILES string of the molecule is Cl.Cl.O=C(C1CSCN1)N1CCN(Cc2ccc(Cl)s2)CC1. The molecule has 126 valence electrons. The van der Waals surface area contributed by atoms with Crippen LogP contribution >= 0.6 is 59.5 Å². The van der Waals surface area contributed by atoms with Crippen molar-refractivity contribution in [2.45, 2.75) is 12.6 Å². The number of carbonyl (C=O) groups excluding carboxylic acids is 1. The Morgan fingerprint density at radius 3 is 2.55 bits per heavy atom. The molecule has 22 heavy (non-hydrogen) atoms. The molecule has 3 rings (SSSR count).